The number of aromatic nitrogens is 2. The van der Waals surface area contributed by atoms with Crippen LogP contribution in [-0.2, 0) is 17.8 Å². The lowest BCUT2D eigenvalue weighted by molar-refractivity contribution is 0.0894. The Labute approximate surface area is 110 Å². The minimum Gasteiger partial charge on any atom is -0.371 e. The molecular weight excluding hydrogens is 247 g/mol. The Morgan fingerprint density at radius 3 is 3.05 bits per heavy atom. The quantitative estimate of drug-likeness (QED) is 0.803. The molecule has 1 aliphatic rings. The van der Waals surface area contributed by atoms with E-state index in [-0.39, 0.29) is 5.82 Å². The van der Waals surface area contributed by atoms with Crippen LogP contribution in [0, 0.1) is 11.7 Å². The molecule has 0 aliphatic heterocycles. The van der Waals surface area contributed by atoms with Gasteiger partial charge in [-0.3, -0.25) is 0 Å². The lowest BCUT2D eigenvalue weighted by Crippen LogP contribution is -1.97. The topological polar surface area (TPSA) is 48.2 Å². The van der Waals surface area contributed by atoms with Crippen LogP contribution in [0.15, 0.2) is 28.8 Å². The van der Waals surface area contributed by atoms with Crippen molar-refractivity contribution < 1.29 is 13.7 Å². The van der Waals surface area contributed by atoms with Gasteiger partial charge in [-0.25, -0.2) is 4.39 Å². The summed E-state index contributed by atoms with van der Waals surface area (Å²) in [5.74, 6) is 1.49. The number of hydrogen-bond donors (Lipinski definition) is 0. The highest BCUT2D eigenvalue weighted by Crippen LogP contribution is 2.29. The van der Waals surface area contributed by atoms with Crippen molar-refractivity contribution in [3.63, 3.8) is 0 Å². The van der Waals surface area contributed by atoms with Crippen molar-refractivity contribution >= 4 is 0 Å². The fourth-order valence-electron chi connectivity index (χ4n) is 1.85. The van der Waals surface area contributed by atoms with Gasteiger partial charge in [-0.15, -0.1) is 0 Å². The Bertz CT molecular complexity index is 552. The van der Waals surface area contributed by atoms with Crippen molar-refractivity contribution in [2.45, 2.75) is 25.9 Å². The van der Waals surface area contributed by atoms with Crippen LogP contribution in [0.3, 0.4) is 0 Å². The number of ether oxygens (including phenoxy) is 1. The monoisotopic (exact) mass is 262 g/mol. The van der Waals surface area contributed by atoms with Crippen LogP contribution in [0.1, 0.15) is 30.1 Å². The second kappa shape index (κ2) is 5.48. The molecule has 1 aromatic heterocycles. The summed E-state index contributed by atoms with van der Waals surface area (Å²) in [6, 6.07) is 6.39. The third kappa shape index (κ3) is 3.61. The van der Waals surface area contributed by atoms with E-state index >= 15 is 0 Å². The maximum absolute atomic E-state index is 13.0. The zero-order chi connectivity index (χ0) is 13.1. The van der Waals surface area contributed by atoms with Gasteiger partial charge in [0, 0.05) is 6.42 Å². The maximum Gasteiger partial charge on any atom is 0.252 e. The third-order valence-electron chi connectivity index (χ3n) is 3.04. The van der Waals surface area contributed by atoms with Crippen LogP contribution in [0.4, 0.5) is 4.39 Å². The summed E-state index contributed by atoms with van der Waals surface area (Å²) in [6.07, 6.45) is 2.98. The van der Waals surface area contributed by atoms with E-state index in [4.69, 9.17) is 9.26 Å². The Hall–Kier alpha value is -1.75. The number of benzene rings is 1. The van der Waals surface area contributed by atoms with E-state index in [2.05, 4.69) is 10.1 Å². The predicted molar refractivity (Wildman–Crippen MR) is 65.9 cm³/mol. The first kappa shape index (κ1) is 12.3. The first-order valence-corrected chi connectivity index (χ1v) is 6.43. The van der Waals surface area contributed by atoms with Crippen molar-refractivity contribution in [2.75, 3.05) is 6.61 Å². The van der Waals surface area contributed by atoms with Crippen LogP contribution in [0.25, 0.3) is 0 Å². The van der Waals surface area contributed by atoms with E-state index in [1.165, 1.54) is 25.0 Å². The largest absolute Gasteiger partial charge is 0.371 e. The summed E-state index contributed by atoms with van der Waals surface area (Å²) in [5, 5.41) is 3.87. The highest BCUT2D eigenvalue weighted by Gasteiger charge is 2.21. The lowest BCUT2D eigenvalue weighted by atomic mass is 10.1. The van der Waals surface area contributed by atoms with Gasteiger partial charge in [0.2, 0.25) is 0 Å². The van der Waals surface area contributed by atoms with Gasteiger partial charge in [0.05, 0.1) is 6.61 Å². The van der Waals surface area contributed by atoms with E-state index in [0.717, 1.165) is 18.1 Å². The van der Waals surface area contributed by atoms with Gasteiger partial charge in [0.15, 0.2) is 5.82 Å². The molecule has 2 aromatic rings. The van der Waals surface area contributed by atoms with Crippen LogP contribution in [-0.4, -0.2) is 16.7 Å². The van der Waals surface area contributed by atoms with E-state index in [1.54, 1.807) is 6.07 Å². The second-order valence-electron chi connectivity index (χ2n) is 4.87. The van der Waals surface area contributed by atoms with Crippen LogP contribution in [0.5, 0.6) is 0 Å². The molecule has 0 N–H and O–H groups in total. The van der Waals surface area contributed by atoms with Gasteiger partial charge < -0.3 is 9.26 Å². The Morgan fingerprint density at radius 2 is 2.26 bits per heavy atom. The van der Waals surface area contributed by atoms with Gasteiger partial charge in [-0.2, -0.15) is 4.98 Å². The van der Waals surface area contributed by atoms with Crippen molar-refractivity contribution in [3.8, 4) is 0 Å². The van der Waals surface area contributed by atoms with E-state index in [0.29, 0.717) is 24.7 Å². The summed E-state index contributed by atoms with van der Waals surface area (Å²) < 4.78 is 23.6. The summed E-state index contributed by atoms with van der Waals surface area (Å²) in [4.78, 5) is 4.23. The molecule has 1 fully saturated rings. The first-order chi connectivity index (χ1) is 9.29. The lowest BCUT2D eigenvalue weighted by Gasteiger charge is -1.97. The zero-order valence-electron chi connectivity index (χ0n) is 10.5. The van der Waals surface area contributed by atoms with Crippen LogP contribution in [0.2, 0.25) is 0 Å². The molecule has 0 radical (unpaired) electrons. The second-order valence-corrected chi connectivity index (χ2v) is 4.87. The molecule has 1 saturated carbocycles. The van der Waals surface area contributed by atoms with Gasteiger partial charge in [-0.05, 0) is 36.5 Å². The number of rotatable bonds is 6. The van der Waals surface area contributed by atoms with Crippen molar-refractivity contribution in [1.82, 2.24) is 10.1 Å². The zero-order valence-corrected chi connectivity index (χ0v) is 10.5. The number of nitrogens with zero attached hydrogens (tertiary/aromatic N) is 2. The summed E-state index contributed by atoms with van der Waals surface area (Å²) in [5.41, 5.74) is 0.825. The van der Waals surface area contributed by atoms with Gasteiger partial charge in [0.1, 0.15) is 12.4 Å². The highest BCUT2D eigenvalue weighted by atomic mass is 19.1. The summed E-state index contributed by atoms with van der Waals surface area (Å²) in [6.45, 7) is 1.12. The molecule has 5 heteroatoms. The molecule has 1 aliphatic carbocycles. The molecule has 0 unspecified atom stereocenters. The molecule has 100 valence electrons. The molecular formula is C14H15FN2O2. The molecule has 0 saturated heterocycles. The summed E-state index contributed by atoms with van der Waals surface area (Å²) >= 11 is 0. The molecule has 3 rings (SSSR count). The molecule has 1 heterocycles. The number of hydrogen-bond acceptors (Lipinski definition) is 4. The molecule has 0 bridgehead atoms. The Kier molecular flexibility index (Phi) is 3.55. The van der Waals surface area contributed by atoms with Crippen LogP contribution < -0.4 is 0 Å². The molecule has 0 amide bonds. The predicted octanol–water partition coefficient (Wildman–Crippen LogP) is 2.73. The average Bonchev–Trinajstić information content (AvgIpc) is 3.10. The van der Waals surface area contributed by atoms with Crippen molar-refractivity contribution in [1.29, 1.82) is 0 Å². The minimum absolute atomic E-state index is 0.256. The van der Waals surface area contributed by atoms with Gasteiger partial charge in [0.25, 0.3) is 5.89 Å². The smallest absolute Gasteiger partial charge is 0.252 e. The fourth-order valence-corrected chi connectivity index (χ4v) is 1.85. The normalized spacial score (nSPS) is 14.8. The van der Waals surface area contributed by atoms with Crippen molar-refractivity contribution in [3.05, 3.63) is 47.4 Å². The Morgan fingerprint density at radius 1 is 1.37 bits per heavy atom. The van der Waals surface area contributed by atoms with Crippen molar-refractivity contribution in [2.24, 2.45) is 5.92 Å². The molecule has 0 spiro atoms. The number of halogens is 1. The molecule has 1 aromatic carbocycles. The molecule has 0 atom stereocenters. The highest BCUT2D eigenvalue weighted by molar-refractivity contribution is 5.19. The standard InChI is InChI=1S/C14H15FN2O2/c15-12-3-1-2-11(6-12)7-13-16-14(19-17-13)9-18-8-10-4-5-10/h1-3,6,10H,4-5,7-9H2. The maximum atomic E-state index is 13.0. The Balaban J connectivity index is 1.54. The minimum atomic E-state index is -0.256. The van der Waals surface area contributed by atoms with E-state index < -0.39 is 0 Å². The van der Waals surface area contributed by atoms with Crippen LogP contribution >= 0.6 is 0 Å². The van der Waals surface area contributed by atoms with Gasteiger partial charge in [-0.1, -0.05) is 17.3 Å². The third-order valence-corrected chi connectivity index (χ3v) is 3.04. The van der Waals surface area contributed by atoms with Gasteiger partial charge >= 0.3 is 0 Å². The molecule has 19 heavy (non-hydrogen) atoms. The molecule has 4 nitrogen and oxygen atoms in total. The van der Waals surface area contributed by atoms with E-state index in [1.807, 2.05) is 6.07 Å². The van der Waals surface area contributed by atoms with E-state index in [9.17, 15) is 4.39 Å². The first-order valence-electron chi connectivity index (χ1n) is 6.43. The fraction of sp³-hybridized carbons (Fsp3) is 0.429. The SMILES string of the molecule is Fc1cccc(Cc2noc(COCC3CC3)n2)c1. The average molecular weight is 262 g/mol. The summed E-state index contributed by atoms with van der Waals surface area (Å²) in [7, 11) is 0.